The van der Waals surface area contributed by atoms with Gasteiger partial charge in [-0.05, 0) is 63.7 Å². The predicted molar refractivity (Wildman–Crippen MR) is 118 cm³/mol. The Morgan fingerprint density at radius 1 is 1.07 bits per heavy atom. The molecule has 0 radical (unpaired) electrons. The van der Waals surface area contributed by atoms with Crippen LogP contribution in [0.25, 0.3) is 0 Å². The van der Waals surface area contributed by atoms with Crippen molar-refractivity contribution in [3.8, 4) is 5.75 Å². The lowest BCUT2D eigenvalue weighted by Gasteiger charge is -2.33. The van der Waals surface area contributed by atoms with Crippen molar-refractivity contribution >= 4 is 11.8 Å². The summed E-state index contributed by atoms with van der Waals surface area (Å²) < 4.78 is 11.8. The van der Waals surface area contributed by atoms with Crippen molar-refractivity contribution in [3.05, 3.63) is 24.3 Å². The van der Waals surface area contributed by atoms with Gasteiger partial charge in [0.1, 0.15) is 11.9 Å². The number of carbonyl (C=O) groups is 1. The summed E-state index contributed by atoms with van der Waals surface area (Å²) in [6.07, 6.45) is 11.4. The number of carbonyl (C=O) groups excluding carboxylic acids is 1. The summed E-state index contributed by atoms with van der Waals surface area (Å²) in [7, 11) is 0. The van der Waals surface area contributed by atoms with Gasteiger partial charge in [0.15, 0.2) is 0 Å². The first-order valence-corrected chi connectivity index (χ1v) is 11.7. The lowest BCUT2D eigenvalue weighted by atomic mass is 9.95. The average Bonchev–Trinajstić information content (AvgIpc) is 2.95. The van der Waals surface area contributed by atoms with Gasteiger partial charge in [-0.2, -0.15) is 0 Å². The summed E-state index contributed by atoms with van der Waals surface area (Å²) in [5, 5.41) is 2.93. The molecule has 2 fully saturated rings. The van der Waals surface area contributed by atoms with Crippen molar-refractivity contribution < 1.29 is 14.3 Å². The number of piperidine rings is 1. The van der Waals surface area contributed by atoms with E-state index in [4.69, 9.17) is 9.47 Å². The molecule has 1 saturated carbocycles. The van der Waals surface area contributed by atoms with Crippen LogP contribution in [0.2, 0.25) is 0 Å². The Morgan fingerprint density at radius 2 is 1.83 bits per heavy atom. The van der Waals surface area contributed by atoms with Crippen molar-refractivity contribution in [3.63, 3.8) is 0 Å². The second-order valence-electron chi connectivity index (χ2n) is 8.53. The third-order valence-electron chi connectivity index (χ3n) is 6.17. The van der Waals surface area contributed by atoms with Gasteiger partial charge in [-0.15, -0.1) is 0 Å². The summed E-state index contributed by atoms with van der Waals surface area (Å²) >= 11 is 0. The van der Waals surface area contributed by atoms with Crippen LogP contribution < -0.4 is 10.1 Å². The fraction of sp³-hybridized carbons (Fsp3) is 0.708. The average molecular weight is 403 g/mol. The van der Waals surface area contributed by atoms with Crippen LogP contribution in [-0.2, 0) is 4.74 Å². The van der Waals surface area contributed by atoms with Gasteiger partial charge in [0.05, 0.1) is 12.3 Å². The molecule has 0 bridgehead atoms. The highest BCUT2D eigenvalue weighted by Crippen LogP contribution is 2.29. The third-order valence-corrected chi connectivity index (χ3v) is 6.17. The van der Waals surface area contributed by atoms with Crippen molar-refractivity contribution in [2.24, 2.45) is 5.92 Å². The van der Waals surface area contributed by atoms with E-state index in [2.05, 4.69) is 17.1 Å². The highest BCUT2D eigenvalue weighted by molar-refractivity contribution is 5.86. The van der Waals surface area contributed by atoms with E-state index in [1.165, 1.54) is 45.2 Å². The van der Waals surface area contributed by atoms with E-state index < -0.39 is 0 Å². The van der Waals surface area contributed by atoms with Gasteiger partial charge in [0, 0.05) is 12.5 Å². The second kappa shape index (κ2) is 12.1. The summed E-state index contributed by atoms with van der Waals surface area (Å²) in [6.45, 7) is 6.24. The standard InChI is InChI=1S/C24H38N2O3/c1-2-3-18-28-23-15-9-8-13-21(23)25-24(27)29-22-14-7-4-6-12-20(22)19-26-16-10-5-11-17-26/h8-9,13,15,20,22H,2-7,10-12,14,16-19H2,1H3,(H,25,27). The predicted octanol–water partition coefficient (Wildman–Crippen LogP) is 5.85. The summed E-state index contributed by atoms with van der Waals surface area (Å²) in [4.78, 5) is 15.3. The Balaban J connectivity index is 1.57. The molecule has 1 N–H and O–H groups in total. The fourth-order valence-corrected chi connectivity index (χ4v) is 4.49. The van der Waals surface area contributed by atoms with Crippen LogP contribution in [-0.4, -0.2) is 43.3 Å². The summed E-state index contributed by atoms with van der Waals surface area (Å²) in [6, 6.07) is 7.61. The molecule has 1 aromatic carbocycles. The Hall–Kier alpha value is -1.75. The van der Waals surface area contributed by atoms with Gasteiger partial charge >= 0.3 is 6.09 Å². The lowest BCUT2D eigenvalue weighted by molar-refractivity contribution is 0.0471. The van der Waals surface area contributed by atoms with E-state index >= 15 is 0 Å². The van der Waals surface area contributed by atoms with Crippen molar-refractivity contribution in [2.45, 2.75) is 77.2 Å². The number of nitrogens with zero attached hydrogens (tertiary/aromatic N) is 1. The maximum atomic E-state index is 12.7. The molecular formula is C24H38N2O3. The highest BCUT2D eigenvalue weighted by Gasteiger charge is 2.29. The maximum absolute atomic E-state index is 12.7. The second-order valence-corrected chi connectivity index (χ2v) is 8.53. The van der Waals surface area contributed by atoms with Crippen LogP contribution in [0.1, 0.15) is 71.1 Å². The number of likely N-dealkylation sites (tertiary alicyclic amines) is 1. The van der Waals surface area contributed by atoms with Crippen molar-refractivity contribution in [2.75, 3.05) is 31.6 Å². The largest absolute Gasteiger partial charge is 0.491 e. The molecule has 1 aliphatic heterocycles. The third kappa shape index (κ3) is 7.22. The van der Waals surface area contributed by atoms with E-state index in [0.717, 1.165) is 38.6 Å². The number of hydrogen-bond acceptors (Lipinski definition) is 4. The Labute approximate surface area is 176 Å². The normalized spacial score (nSPS) is 23.2. The van der Waals surface area contributed by atoms with Gasteiger partial charge in [0.25, 0.3) is 0 Å². The molecule has 0 aromatic heterocycles. The van der Waals surface area contributed by atoms with Gasteiger partial charge in [-0.1, -0.05) is 44.7 Å². The van der Waals surface area contributed by atoms with E-state index in [9.17, 15) is 4.79 Å². The molecular weight excluding hydrogens is 364 g/mol. The molecule has 29 heavy (non-hydrogen) atoms. The Morgan fingerprint density at radius 3 is 2.66 bits per heavy atom. The highest BCUT2D eigenvalue weighted by atomic mass is 16.6. The molecule has 162 valence electrons. The summed E-state index contributed by atoms with van der Waals surface area (Å²) in [5.74, 6) is 1.15. The molecule has 1 aliphatic carbocycles. The van der Waals surface area contributed by atoms with Gasteiger partial charge in [0.2, 0.25) is 0 Å². The first kappa shape index (κ1) is 21.9. The molecule has 5 heteroatoms. The Kier molecular flexibility index (Phi) is 9.13. The van der Waals surface area contributed by atoms with Crippen molar-refractivity contribution in [1.82, 2.24) is 4.90 Å². The zero-order chi connectivity index (χ0) is 20.3. The molecule has 1 heterocycles. The quantitative estimate of drug-likeness (QED) is 0.438. The van der Waals surface area contributed by atoms with Crippen LogP contribution in [0.5, 0.6) is 5.75 Å². The number of rotatable bonds is 8. The van der Waals surface area contributed by atoms with Gasteiger partial charge < -0.3 is 14.4 Å². The maximum Gasteiger partial charge on any atom is 0.412 e. The van der Waals surface area contributed by atoms with Crippen LogP contribution in [0, 0.1) is 5.92 Å². The number of nitrogens with one attached hydrogen (secondary N) is 1. The van der Waals surface area contributed by atoms with Gasteiger partial charge in [-0.25, -0.2) is 4.79 Å². The first-order valence-electron chi connectivity index (χ1n) is 11.7. The fourth-order valence-electron chi connectivity index (χ4n) is 4.49. The molecule has 1 aromatic rings. The first-order chi connectivity index (χ1) is 14.3. The van der Waals surface area contributed by atoms with E-state index in [1.807, 2.05) is 24.3 Å². The lowest BCUT2D eigenvalue weighted by Crippen LogP contribution is -2.39. The number of unbranched alkanes of at least 4 members (excludes halogenated alkanes) is 1. The Bertz CT molecular complexity index is 616. The smallest absolute Gasteiger partial charge is 0.412 e. The SMILES string of the molecule is CCCCOc1ccccc1NC(=O)OC1CCCCCC1CN1CCCCC1. The molecule has 5 nitrogen and oxygen atoms in total. The minimum absolute atomic E-state index is 0.00704. The zero-order valence-corrected chi connectivity index (χ0v) is 18.0. The topological polar surface area (TPSA) is 50.8 Å². The number of amides is 1. The molecule has 1 amide bonds. The van der Waals surface area contributed by atoms with Crippen LogP contribution in [0.3, 0.4) is 0 Å². The molecule has 2 aliphatic rings. The number of hydrogen-bond donors (Lipinski definition) is 1. The molecule has 2 unspecified atom stereocenters. The monoisotopic (exact) mass is 402 g/mol. The summed E-state index contributed by atoms with van der Waals surface area (Å²) in [5.41, 5.74) is 0.690. The number of benzene rings is 1. The van der Waals surface area contributed by atoms with Crippen LogP contribution in [0.15, 0.2) is 24.3 Å². The van der Waals surface area contributed by atoms with E-state index in [1.54, 1.807) is 0 Å². The van der Waals surface area contributed by atoms with Crippen LogP contribution in [0.4, 0.5) is 10.5 Å². The molecule has 3 rings (SSSR count). The number of ether oxygens (including phenoxy) is 2. The van der Waals surface area contributed by atoms with Gasteiger partial charge in [-0.3, -0.25) is 5.32 Å². The minimum atomic E-state index is -0.355. The number of para-hydroxylation sites is 2. The zero-order valence-electron chi connectivity index (χ0n) is 18.0. The van der Waals surface area contributed by atoms with E-state index in [-0.39, 0.29) is 12.2 Å². The molecule has 2 atom stereocenters. The molecule has 0 spiro atoms. The van der Waals surface area contributed by atoms with Crippen LogP contribution >= 0.6 is 0 Å². The molecule has 1 saturated heterocycles. The van der Waals surface area contributed by atoms with E-state index in [0.29, 0.717) is 24.0 Å². The minimum Gasteiger partial charge on any atom is -0.491 e. The van der Waals surface area contributed by atoms with Crippen molar-refractivity contribution in [1.29, 1.82) is 0 Å². The number of anilines is 1.